The number of nitrogens with one attached hydrogen (secondary N) is 2. The maximum atomic E-state index is 15.5. The first-order chi connectivity index (χ1) is 36.6. The van der Waals surface area contributed by atoms with Crippen molar-refractivity contribution in [2.75, 3.05) is 36.2 Å². The van der Waals surface area contributed by atoms with Crippen molar-refractivity contribution < 1.29 is 68.2 Å². The van der Waals surface area contributed by atoms with Crippen molar-refractivity contribution in [2.24, 2.45) is 5.41 Å². The van der Waals surface area contributed by atoms with Crippen molar-refractivity contribution in [1.29, 1.82) is 5.26 Å². The lowest BCUT2D eigenvalue weighted by Crippen LogP contribution is -2.58. The Morgan fingerprint density at radius 3 is 2.21 bits per heavy atom. The number of aromatic nitrogens is 2. The first-order valence-electron chi connectivity index (χ1n) is 24.2. The Hall–Kier alpha value is -7.17. The summed E-state index contributed by atoms with van der Waals surface area (Å²) in [5.41, 5.74) is -5.98. The van der Waals surface area contributed by atoms with E-state index in [9.17, 15) is 50.8 Å². The Balaban J connectivity index is 0.919. The van der Waals surface area contributed by atoms with E-state index in [-0.39, 0.29) is 38.5 Å². The summed E-state index contributed by atoms with van der Waals surface area (Å²) in [4.78, 5) is 65.9. The molecule has 1 unspecified atom stereocenters. The zero-order valence-electron chi connectivity index (χ0n) is 42.7. The fourth-order valence-corrected chi connectivity index (χ4v) is 10.4. The SMILES string of the molecule is Cc1ncsc1-c1ccc(CNC(=O)[C@@H]2CCCN2C(=O)C(NC(=O)COCCCCOc2c(F)cc(-c3ncc(N4C(=S)N(c5ccc(C#N)c(C(F)(F)F)c5F)C(=O)C4(C)C)cc3C(F)(F)F)cc2F)C(C)(C)C)cc1. The third-order valence-corrected chi connectivity index (χ3v) is 14.3. The van der Waals surface area contributed by atoms with Gasteiger partial charge in [0.2, 0.25) is 17.7 Å². The molecule has 414 valence electrons. The highest BCUT2D eigenvalue weighted by Gasteiger charge is 2.53. The van der Waals surface area contributed by atoms with Crippen molar-refractivity contribution in [1.82, 2.24) is 25.5 Å². The molecule has 2 aliphatic heterocycles. The highest BCUT2D eigenvalue weighted by molar-refractivity contribution is 7.81. The summed E-state index contributed by atoms with van der Waals surface area (Å²) in [6, 6.07) is 10.1. The number of unbranched alkanes of at least 4 members (excludes halogenated alkanes) is 1. The minimum Gasteiger partial charge on any atom is -0.488 e. The number of thiocarbonyl (C=S) groups is 1. The molecule has 0 saturated carbocycles. The predicted octanol–water partition coefficient (Wildman–Crippen LogP) is 10.4. The third kappa shape index (κ3) is 12.4. The summed E-state index contributed by atoms with van der Waals surface area (Å²) in [5, 5.41) is 14.1. The van der Waals surface area contributed by atoms with E-state index in [2.05, 4.69) is 20.6 Å². The Kier molecular flexibility index (Phi) is 17.3. The van der Waals surface area contributed by atoms with Crippen LogP contribution in [0.2, 0.25) is 0 Å². The van der Waals surface area contributed by atoms with Gasteiger partial charge >= 0.3 is 12.4 Å². The molecule has 4 amide bonds. The minimum atomic E-state index is -5.39. The van der Waals surface area contributed by atoms with E-state index in [0.29, 0.717) is 54.6 Å². The van der Waals surface area contributed by atoms with Crippen molar-refractivity contribution in [3.63, 3.8) is 0 Å². The van der Waals surface area contributed by atoms with Crippen LogP contribution in [0.5, 0.6) is 5.75 Å². The van der Waals surface area contributed by atoms with E-state index >= 15 is 13.2 Å². The number of hydrogen-bond donors (Lipinski definition) is 2. The van der Waals surface area contributed by atoms with E-state index in [1.807, 2.05) is 31.2 Å². The van der Waals surface area contributed by atoms with Crippen molar-refractivity contribution in [3.05, 3.63) is 112 Å². The predicted molar refractivity (Wildman–Crippen MR) is 273 cm³/mol. The number of thiazole rings is 1. The standard InChI is InChI=1S/C53H51F9N8O6S2/c1-28-44(78-27-66-28)30-13-11-29(12-14-30)24-65-46(72)38-10-9-17-68(38)47(73)45(50(2,3)4)67-39(71)26-75-18-7-8-19-76-43-35(54)20-32(21-36(43)55)42-34(52(57,58)59)22-33(25-64-42)70-49(77)69(48(74)51(70,5)6)37-16-15-31(23-63)40(41(37)56)53(60,61)62/h11-16,20-22,25,27,38,45H,7-10,17-19,24,26H2,1-6H3,(H,65,72)(H,67,71)/t38-,45?/m0/s1. The molecular weight excluding hydrogens is 1080 g/mol. The van der Waals surface area contributed by atoms with Crippen LogP contribution in [0.25, 0.3) is 21.7 Å². The monoisotopic (exact) mass is 1130 g/mol. The van der Waals surface area contributed by atoms with Gasteiger partial charge in [-0.3, -0.25) is 29.1 Å². The van der Waals surface area contributed by atoms with Crippen molar-refractivity contribution in [3.8, 4) is 33.5 Å². The molecule has 2 N–H and O–H groups in total. The molecule has 25 heteroatoms. The van der Waals surface area contributed by atoms with Gasteiger partial charge < -0.3 is 29.9 Å². The van der Waals surface area contributed by atoms with E-state index in [0.717, 1.165) is 46.6 Å². The second-order valence-electron chi connectivity index (χ2n) is 20.0. The van der Waals surface area contributed by atoms with E-state index in [4.69, 9.17) is 21.7 Å². The number of benzene rings is 3. The van der Waals surface area contributed by atoms with Gasteiger partial charge in [-0.1, -0.05) is 45.0 Å². The number of hydrogen-bond acceptors (Lipinski definition) is 11. The van der Waals surface area contributed by atoms with Crippen LogP contribution in [-0.4, -0.2) is 87.6 Å². The minimum absolute atomic E-state index is 0.0183. The zero-order valence-corrected chi connectivity index (χ0v) is 44.4. The molecule has 14 nitrogen and oxygen atoms in total. The number of alkyl halides is 6. The number of ether oxygens (including phenoxy) is 2. The smallest absolute Gasteiger partial charge is 0.420 e. The molecule has 2 atom stereocenters. The Bertz CT molecular complexity index is 3150. The number of likely N-dealkylation sites (tertiary alicyclic amines) is 1. The van der Waals surface area contributed by atoms with Crippen LogP contribution in [0.15, 0.2) is 66.3 Å². The average Bonchev–Trinajstić information content (AvgIpc) is 4.18. The Labute approximate surface area is 451 Å². The largest absolute Gasteiger partial charge is 0.488 e. The molecule has 2 fully saturated rings. The van der Waals surface area contributed by atoms with Crippen LogP contribution in [0, 0.1) is 41.1 Å². The van der Waals surface area contributed by atoms with Gasteiger partial charge in [0.25, 0.3) is 5.91 Å². The highest BCUT2D eigenvalue weighted by Crippen LogP contribution is 2.45. The van der Waals surface area contributed by atoms with Gasteiger partial charge in [-0.05, 0) is 106 Å². The molecule has 0 spiro atoms. The number of rotatable bonds is 17. The summed E-state index contributed by atoms with van der Waals surface area (Å²) < 4.78 is 143. The first kappa shape index (κ1) is 58.5. The van der Waals surface area contributed by atoms with Gasteiger partial charge in [0.15, 0.2) is 28.3 Å². The molecule has 2 saturated heterocycles. The Morgan fingerprint density at radius 2 is 1.60 bits per heavy atom. The number of amides is 4. The Morgan fingerprint density at radius 1 is 0.936 bits per heavy atom. The molecule has 3 aromatic carbocycles. The van der Waals surface area contributed by atoms with Crippen LogP contribution in [0.3, 0.4) is 0 Å². The molecule has 78 heavy (non-hydrogen) atoms. The zero-order chi connectivity index (χ0) is 57.2. The van der Waals surface area contributed by atoms with Gasteiger partial charge in [0.05, 0.1) is 63.2 Å². The summed E-state index contributed by atoms with van der Waals surface area (Å²) in [5.74, 6) is -8.22. The molecule has 7 rings (SSSR count). The number of nitriles is 1. The van der Waals surface area contributed by atoms with Crippen LogP contribution in [-0.2, 0) is 42.8 Å². The summed E-state index contributed by atoms with van der Waals surface area (Å²) in [6.45, 7) is 9.38. The lowest BCUT2D eigenvalue weighted by Gasteiger charge is -2.35. The number of carbonyl (C=O) groups excluding carboxylic acids is 4. The maximum absolute atomic E-state index is 15.5. The number of pyridine rings is 1. The second-order valence-corrected chi connectivity index (χ2v) is 21.2. The van der Waals surface area contributed by atoms with Crippen LogP contribution in [0.1, 0.15) is 88.2 Å². The fraction of sp³-hybridized carbons (Fsp3) is 0.396. The number of carbonyl (C=O) groups is 4. The van der Waals surface area contributed by atoms with Crippen LogP contribution < -0.4 is 25.2 Å². The van der Waals surface area contributed by atoms with Gasteiger partial charge in [0, 0.05) is 25.3 Å². The van der Waals surface area contributed by atoms with Gasteiger partial charge in [-0.2, -0.15) is 31.6 Å². The second kappa shape index (κ2) is 23.0. The molecule has 0 radical (unpaired) electrons. The number of anilines is 2. The normalized spacial score (nSPS) is 16.1. The lowest BCUT2D eigenvalue weighted by molar-refractivity contribution is -0.144. The molecule has 2 aromatic heterocycles. The summed E-state index contributed by atoms with van der Waals surface area (Å²) >= 11 is 6.87. The fourth-order valence-electron chi connectivity index (χ4n) is 9.03. The molecule has 2 aliphatic rings. The molecule has 5 aromatic rings. The maximum Gasteiger partial charge on any atom is 0.420 e. The van der Waals surface area contributed by atoms with Crippen LogP contribution in [0.4, 0.5) is 50.9 Å². The quantitative estimate of drug-likeness (QED) is 0.0516. The average molecular weight is 1130 g/mol. The van der Waals surface area contributed by atoms with E-state index in [1.165, 1.54) is 22.3 Å². The van der Waals surface area contributed by atoms with Gasteiger partial charge in [-0.15, -0.1) is 11.3 Å². The first-order valence-corrected chi connectivity index (χ1v) is 25.5. The lowest BCUT2D eigenvalue weighted by atomic mass is 9.85. The van der Waals surface area contributed by atoms with E-state index in [1.54, 1.807) is 26.3 Å². The van der Waals surface area contributed by atoms with Gasteiger partial charge in [-0.25, -0.2) is 18.2 Å². The van der Waals surface area contributed by atoms with Crippen molar-refractivity contribution >= 4 is 63.7 Å². The number of halogens is 9. The molecule has 4 heterocycles. The third-order valence-electron chi connectivity index (χ3n) is 13.0. The molecule has 0 aliphatic carbocycles. The van der Waals surface area contributed by atoms with Gasteiger partial charge in [0.1, 0.15) is 29.8 Å². The molecular formula is C53H51F9N8O6S2. The number of nitrogens with zero attached hydrogens (tertiary/aromatic N) is 6. The summed E-state index contributed by atoms with van der Waals surface area (Å²) in [7, 11) is 0. The summed E-state index contributed by atoms with van der Waals surface area (Å²) in [6.07, 6.45) is -8.48. The number of aryl methyl sites for hydroxylation is 1. The van der Waals surface area contributed by atoms with E-state index < -0.39 is 127 Å². The highest BCUT2D eigenvalue weighted by atomic mass is 32.1. The topological polar surface area (TPSA) is 170 Å². The molecule has 0 bridgehead atoms. The van der Waals surface area contributed by atoms with Crippen LogP contribution >= 0.6 is 23.6 Å². The van der Waals surface area contributed by atoms with Crippen molar-refractivity contribution in [2.45, 2.75) is 104 Å².